The van der Waals surface area contributed by atoms with Crippen LogP contribution in [-0.2, 0) is 21.6 Å². The SMILES string of the molecule is CCOC1(c2noc(CC(=O)C(C)(C)C)n2)CCCCC1. The van der Waals surface area contributed by atoms with Gasteiger partial charge in [0.05, 0.1) is 6.42 Å². The Morgan fingerprint density at radius 3 is 2.52 bits per heavy atom. The summed E-state index contributed by atoms with van der Waals surface area (Å²) in [5.41, 5.74) is -0.809. The highest BCUT2D eigenvalue weighted by molar-refractivity contribution is 5.84. The van der Waals surface area contributed by atoms with E-state index in [0.717, 1.165) is 25.7 Å². The zero-order chi connectivity index (χ0) is 15.5. The molecule has 1 aromatic heterocycles. The first-order chi connectivity index (χ1) is 9.87. The summed E-state index contributed by atoms with van der Waals surface area (Å²) in [4.78, 5) is 16.5. The summed E-state index contributed by atoms with van der Waals surface area (Å²) >= 11 is 0. The Morgan fingerprint density at radius 2 is 1.95 bits per heavy atom. The molecule has 0 spiro atoms. The molecule has 1 saturated carbocycles. The van der Waals surface area contributed by atoms with Crippen LogP contribution in [0.15, 0.2) is 4.52 Å². The number of aromatic nitrogens is 2. The molecule has 1 aliphatic rings. The quantitative estimate of drug-likeness (QED) is 0.832. The normalized spacial score (nSPS) is 18.7. The monoisotopic (exact) mass is 294 g/mol. The van der Waals surface area contributed by atoms with E-state index >= 15 is 0 Å². The molecule has 21 heavy (non-hydrogen) atoms. The Balaban J connectivity index is 2.15. The largest absolute Gasteiger partial charge is 0.367 e. The summed E-state index contributed by atoms with van der Waals surface area (Å²) in [6.07, 6.45) is 5.50. The van der Waals surface area contributed by atoms with E-state index in [2.05, 4.69) is 10.1 Å². The number of ketones is 1. The van der Waals surface area contributed by atoms with Gasteiger partial charge in [-0.1, -0.05) is 45.2 Å². The number of hydrogen-bond donors (Lipinski definition) is 0. The van der Waals surface area contributed by atoms with Crippen molar-refractivity contribution in [1.29, 1.82) is 0 Å². The zero-order valence-corrected chi connectivity index (χ0v) is 13.6. The van der Waals surface area contributed by atoms with E-state index in [-0.39, 0.29) is 12.2 Å². The minimum absolute atomic E-state index is 0.104. The molecular formula is C16H26N2O3. The molecule has 0 aliphatic heterocycles. The number of Topliss-reactive ketones (excluding diaryl/α,β-unsaturated/α-hetero) is 1. The van der Waals surface area contributed by atoms with Gasteiger partial charge in [-0.15, -0.1) is 0 Å². The standard InChI is InChI=1S/C16H26N2O3/c1-5-20-16(9-7-6-8-10-16)14-17-13(21-18-14)11-12(19)15(2,3)4/h5-11H2,1-4H3. The zero-order valence-electron chi connectivity index (χ0n) is 13.6. The van der Waals surface area contributed by atoms with Crippen LogP contribution in [0.4, 0.5) is 0 Å². The first kappa shape index (κ1) is 16.1. The number of nitrogens with zero attached hydrogens (tertiary/aromatic N) is 2. The second-order valence-electron chi connectivity index (χ2n) is 6.85. The lowest BCUT2D eigenvalue weighted by molar-refractivity contribution is -0.125. The molecule has 1 heterocycles. The van der Waals surface area contributed by atoms with Gasteiger partial charge in [-0.3, -0.25) is 4.79 Å². The minimum atomic E-state index is -0.417. The Bertz CT molecular complexity index is 476. The third-order valence-corrected chi connectivity index (χ3v) is 4.11. The van der Waals surface area contributed by atoms with E-state index < -0.39 is 11.0 Å². The molecule has 0 aromatic carbocycles. The second kappa shape index (κ2) is 6.26. The molecule has 0 saturated heterocycles. The van der Waals surface area contributed by atoms with Crippen molar-refractivity contribution in [2.24, 2.45) is 5.41 Å². The van der Waals surface area contributed by atoms with Crippen molar-refractivity contribution in [3.05, 3.63) is 11.7 Å². The molecule has 0 atom stereocenters. The van der Waals surface area contributed by atoms with Crippen LogP contribution < -0.4 is 0 Å². The Hall–Kier alpha value is -1.23. The summed E-state index contributed by atoms with van der Waals surface area (Å²) in [6, 6.07) is 0. The van der Waals surface area contributed by atoms with Gasteiger partial charge in [-0.2, -0.15) is 4.98 Å². The summed E-state index contributed by atoms with van der Waals surface area (Å²) in [5.74, 6) is 1.11. The molecule has 0 unspecified atom stereocenters. The van der Waals surface area contributed by atoms with Crippen molar-refractivity contribution >= 4 is 5.78 Å². The van der Waals surface area contributed by atoms with E-state index in [9.17, 15) is 4.79 Å². The number of hydrogen-bond acceptors (Lipinski definition) is 5. The van der Waals surface area contributed by atoms with E-state index in [1.54, 1.807) is 0 Å². The number of ether oxygens (including phenoxy) is 1. The number of rotatable bonds is 5. The molecule has 1 fully saturated rings. The molecule has 118 valence electrons. The molecule has 1 aliphatic carbocycles. The maximum Gasteiger partial charge on any atom is 0.234 e. The van der Waals surface area contributed by atoms with Crippen molar-refractivity contribution < 1.29 is 14.1 Å². The average Bonchev–Trinajstić information content (AvgIpc) is 2.88. The summed E-state index contributed by atoms with van der Waals surface area (Å²) < 4.78 is 11.3. The highest BCUT2D eigenvalue weighted by Gasteiger charge is 2.39. The van der Waals surface area contributed by atoms with Crippen LogP contribution in [0.3, 0.4) is 0 Å². The van der Waals surface area contributed by atoms with Crippen molar-refractivity contribution in [3.8, 4) is 0 Å². The van der Waals surface area contributed by atoms with Gasteiger partial charge < -0.3 is 9.26 Å². The van der Waals surface area contributed by atoms with Gasteiger partial charge in [0.2, 0.25) is 11.7 Å². The van der Waals surface area contributed by atoms with Crippen LogP contribution in [0.25, 0.3) is 0 Å². The third kappa shape index (κ3) is 3.70. The van der Waals surface area contributed by atoms with Gasteiger partial charge in [0, 0.05) is 12.0 Å². The molecule has 0 radical (unpaired) electrons. The highest BCUT2D eigenvalue weighted by atomic mass is 16.5. The van der Waals surface area contributed by atoms with Crippen LogP contribution in [0.5, 0.6) is 0 Å². The summed E-state index contributed by atoms with van der Waals surface area (Å²) in [7, 11) is 0. The lowest BCUT2D eigenvalue weighted by atomic mass is 9.84. The van der Waals surface area contributed by atoms with Crippen LogP contribution in [-0.4, -0.2) is 22.5 Å². The first-order valence-electron chi connectivity index (χ1n) is 7.88. The molecule has 1 aromatic rings. The van der Waals surface area contributed by atoms with Crippen molar-refractivity contribution in [2.75, 3.05) is 6.61 Å². The molecule has 0 N–H and O–H groups in total. The Morgan fingerprint density at radius 1 is 1.29 bits per heavy atom. The van der Waals surface area contributed by atoms with Gasteiger partial charge in [0.25, 0.3) is 0 Å². The number of carbonyl (C=O) groups is 1. The van der Waals surface area contributed by atoms with Crippen LogP contribution in [0.1, 0.15) is 71.5 Å². The molecule has 5 heteroatoms. The molecule has 2 rings (SSSR count). The predicted molar refractivity (Wildman–Crippen MR) is 78.9 cm³/mol. The maximum absolute atomic E-state index is 12.1. The van der Waals surface area contributed by atoms with Crippen LogP contribution in [0, 0.1) is 5.41 Å². The second-order valence-corrected chi connectivity index (χ2v) is 6.85. The highest BCUT2D eigenvalue weighted by Crippen LogP contribution is 2.39. The van der Waals surface area contributed by atoms with Crippen molar-refractivity contribution in [1.82, 2.24) is 10.1 Å². The average molecular weight is 294 g/mol. The Kier molecular flexibility index (Phi) is 4.81. The summed E-state index contributed by atoms with van der Waals surface area (Å²) in [5, 5.41) is 4.10. The maximum atomic E-state index is 12.1. The van der Waals surface area contributed by atoms with Gasteiger partial charge >= 0.3 is 0 Å². The third-order valence-electron chi connectivity index (χ3n) is 4.11. The van der Waals surface area contributed by atoms with Crippen LogP contribution in [0.2, 0.25) is 0 Å². The molecule has 0 amide bonds. The van der Waals surface area contributed by atoms with E-state index in [0.29, 0.717) is 18.3 Å². The predicted octanol–water partition coefficient (Wildman–Crippen LogP) is 3.42. The lowest BCUT2D eigenvalue weighted by Gasteiger charge is -2.33. The number of carbonyl (C=O) groups excluding carboxylic acids is 1. The van der Waals surface area contributed by atoms with Gasteiger partial charge in [0.15, 0.2) is 0 Å². The van der Waals surface area contributed by atoms with E-state index in [1.807, 2.05) is 27.7 Å². The summed E-state index contributed by atoms with van der Waals surface area (Å²) in [6.45, 7) is 8.31. The Labute approximate surface area is 126 Å². The fraction of sp³-hybridized carbons (Fsp3) is 0.812. The van der Waals surface area contributed by atoms with Crippen LogP contribution >= 0.6 is 0 Å². The van der Waals surface area contributed by atoms with E-state index in [4.69, 9.17) is 9.26 Å². The smallest absolute Gasteiger partial charge is 0.234 e. The van der Waals surface area contributed by atoms with Gasteiger partial charge in [-0.25, -0.2) is 0 Å². The van der Waals surface area contributed by atoms with Crippen molar-refractivity contribution in [2.45, 2.75) is 71.8 Å². The van der Waals surface area contributed by atoms with Crippen molar-refractivity contribution in [3.63, 3.8) is 0 Å². The van der Waals surface area contributed by atoms with E-state index in [1.165, 1.54) is 6.42 Å². The molecule has 0 bridgehead atoms. The first-order valence-corrected chi connectivity index (χ1v) is 7.88. The fourth-order valence-corrected chi connectivity index (χ4v) is 2.75. The molecule has 5 nitrogen and oxygen atoms in total. The topological polar surface area (TPSA) is 65.2 Å². The van der Waals surface area contributed by atoms with Gasteiger partial charge in [0.1, 0.15) is 11.4 Å². The minimum Gasteiger partial charge on any atom is -0.367 e. The molecular weight excluding hydrogens is 268 g/mol. The lowest BCUT2D eigenvalue weighted by Crippen LogP contribution is -2.33. The van der Waals surface area contributed by atoms with Gasteiger partial charge in [-0.05, 0) is 19.8 Å². The fourth-order valence-electron chi connectivity index (χ4n) is 2.75.